The number of ether oxygens (including phenoxy) is 1. The number of nitrogens with zero attached hydrogens (tertiary/aromatic N) is 3. The van der Waals surface area contributed by atoms with Crippen molar-refractivity contribution >= 4 is 17.3 Å². The van der Waals surface area contributed by atoms with Crippen LogP contribution in [-0.2, 0) is 11.3 Å². The van der Waals surface area contributed by atoms with Gasteiger partial charge < -0.3 is 10.1 Å². The highest BCUT2D eigenvalue weighted by atomic mass is 16.6. The number of carbonyl (C=O) groups excluding carboxylic acids is 1. The fourth-order valence-corrected chi connectivity index (χ4v) is 3.27. The summed E-state index contributed by atoms with van der Waals surface area (Å²) in [4.78, 5) is 27.3. The van der Waals surface area contributed by atoms with Crippen molar-refractivity contribution < 1.29 is 14.5 Å². The molecule has 1 amide bonds. The number of amides is 1. The first-order valence-electron chi connectivity index (χ1n) is 9.16. The van der Waals surface area contributed by atoms with Crippen molar-refractivity contribution in [3.8, 4) is 5.75 Å². The minimum atomic E-state index is -0.493. The van der Waals surface area contributed by atoms with Gasteiger partial charge in [-0.3, -0.25) is 24.7 Å². The summed E-state index contributed by atoms with van der Waals surface area (Å²) in [7, 11) is 1.66. The molecule has 0 aromatic heterocycles. The second-order valence-corrected chi connectivity index (χ2v) is 6.73. The molecule has 8 nitrogen and oxygen atoms in total. The third-order valence-corrected chi connectivity index (χ3v) is 4.75. The molecular weight excluding hydrogens is 360 g/mol. The highest BCUT2D eigenvalue weighted by Crippen LogP contribution is 2.23. The average Bonchev–Trinajstić information content (AvgIpc) is 2.70. The summed E-state index contributed by atoms with van der Waals surface area (Å²) in [6.07, 6.45) is 0. The Bertz CT molecular complexity index is 834. The summed E-state index contributed by atoms with van der Waals surface area (Å²) in [6, 6.07) is 14.2. The van der Waals surface area contributed by atoms with Gasteiger partial charge in [0.2, 0.25) is 5.91 Å². The summed E-state index contributed by atoms with van der Waals surface area (Å²) < 4.78 is 5.26. The molecule has 2 aromatic carbocycles. The normalized spacial score (nSPS) is 15.2. The molecule has 2 aromatic rings. The highest BCUT2D eigenvalue weighted by Gasteiger charge is 2.21. The molecule has 0 atom stereocenters. The first kappa shape index (κ1) is 19.8. The van der Waals surface area contributed by atoms with Crippen LogP contribution in [0, 0.1) is 10.1 Å². The molecule has 1 heterocycles. The predicted molar refractivity (Wildman–Crippen MR) is 106 cm³/mol. The number of nitrogens with one attached hydrogen (secondary N) is 1. The van der Waals surface area contributed by atoms with E-state index < -0.39 is 4.92 Å². The summed E-state index contributed by atoms with van der Waals surface area (Å²) in [5.41, 5.74) is 1.33. The number of rotatable bonds is 7. The largest absolute Gasteiger partial charge is 0.497 e. The number of nitro benzene ring substituents is 1. The molecule has 0 bridgehead atoms. The Balaban J connectivity index is 1.47. The maximum Gasteiger partial charge on any atom is 0.292 e. The van der Waals surface area contributed by atoms with Gasteiger partial charge in [0, 0.05) is 38.8 Å². The molecule has 1 saturated heterocycles. The molecule has 1 fully saturated rings. The van der Waals surface area contributed by atoms with Crippen LogP contribution in [-0.4, -0.2) is 60.5 Å². The van der Waals surface area contributed by atoms with E-state index in [4.69, 9.17) is 4.74 Å². The molecule has 0 aliphatic carbocycles. The topological polar surface area (TPSA) is 88.0 Å². The number of piperazine rings is 1. The van der Waals surface area contributed by atoms with Crippen molar-refractivity contribution in [3.05, 3.63) is 64.2 Å². The number of methoxy groups -OCH3 is 1. The third kappa shape index (κ3) is 5.28. The van der Waals surface area contributed by atoms with Gasteiger partial charge in [-0.15, -0.1) is 0 Å². The standard InChI is InChI=1S/C20H24N4O4/c1-28-17-6-4-5-16(13-17)14-22-9-11-23(12-10-22)15-20(25)21-18-7-2-3-8-19(18)24(26)27/h2-8,13H,9-12,14-15H2,1H3,(H,21,25). The van der Waals surface area contributed by atoms with Gasteiger partial charge in [-0.05, 0) is 23.8 Å². The Morgan fingerprint density at radius 2 is 1.82 bits per heavy atom. The lowest BCUT2D eigenvalue weighted by Gasteiger charge is -2.34. The van der Waals surface area contributed by atoms with E-state index in [1.165, 1.54) is 11.6 Å². The molecule has 3 rings (SSSR count). The van der Waals surface area contributed by atoms with Gasteiger partial charge in [0.1, 0.15) is 11.4 Å². The van der Waals surface area contributed by atoms with Crippen molar-refractivity contribution in [3.63, 3.8) is 0 Å². The molecular formula is C20H24N4O4. The zero-order chi connectivity index (χ0) is 19.9. The quantitative estimate of drug-likeness (QED) is 0.582. The van der Waals surface area contributed by atoms with Gasteiger partial charge in [-0.1, -0.05) is 24.3 Å². The lowest BCUT2D eigenvalue weighted by molar-refractivity contribution is -0.383. The monoisotopic (exact) mass is 384 g/mol. The van der Waals surface area contributed by atoms with Gasteiger partial charge in [-0.25, -0.2) is 0 Å². The minimum Gasteiger partial charge on any atom is -0.497 e. The second-order valence-electron chi connectivity index (χ2n) is 6.73. The van der Waals surface area contributed by atoms with E-state index in [9.17, 15) is 14.9 Å². The molecule has 1 aliphatic rings. The average molecular weight is 384 g/mol. The van der Waals surface area contributed by atoms with Crippen LogP contribution < -0.4 is 10.1 Å². The number of nitro groups is 1. The van der Waals surface area contributed by atoms with Gasteiger partial charge in [0.25, 0.3) is 5.69 Å². The predicted octanol–water partition coefficient (Wildman–Crippen LogP) is 2.36. The number of benzene rings is 2. The van der Waals surface area contributed by atoms with Crippen molar-refractivity contribution in [2.45, 2.75) is 6.54 Å². The molecule has 28 heavy (non-hydrogen) atoms. The third-order valence-electron chi connectivity index (χ3n) is 4.75. The lowest BCUT2D eigenvalue weighted by atomic mass is 10.2. The van der Waals surface area contributed by atoms with Gasteiger partial charge in [0.05, 0.1) is 18.6 Å². The molecule has 8 heteroatoms. The molecule has 0 spiro atoms. The van der Waals surface area contributed by atoms with Crippen LogP contribution in [0.1, 0.15) is 5.56 Å². The smallest absolute Gasteiger partial charge is 0.292 e. The van der Waals surface area contributed by atoms with Crippen LogP contribution in [0.15, 0.2) is 48.5 Å². The number of carbonyl (C=O) groups is 1. The van der Waals surface area contributed by atoms with Crippen LogP contribution in [0.4, 0.5) is 11.4 Å². The zero-order valence-corrected chi connectivity index (χ0v) is 15.8. The van der Waals surface area contributed by atoms with Crippen LogP contribution in [0.25, 0.3) is 0 Å². The molecule has 0 saturated carbocycles. The van der Waals surface area contributed by atoms with Crippen molar-refractivity contribution in [1.82, 2.24) is 9.80 Å². The van der Waals surface area contributed by atoms with Crippen molar-refractivity contribution in [2.24, 2.45) is 0 Å². The SMILES string of the molecule is COc1cccc(CN2CCN(CC(=O)Nc3ccccc3[N+](=O)[O-])CC2)c1. The van der Waals surface area contributed by atoms with Crippen LogP contribution in [0.5, 0.6) is 5.75 Å². The fraction of sp³-hybridized carbons (Fsp3) is 0.350. The van der Waals surface area contributed by atoms with E-state index in [-0.39, 0.29) is 23.8 Å². The maximum atomic E-state index is 12.3. The van der Waals surface area contributed by atoms with Crippen LogP contribution in [0.3, 0.4) is 0 Å². The Hall–Kier alpha value is -2.97. The van der Waals surface area contributed by atoms with E-state index in [0.29, 0.717) is 0 Å². The first-order valence-corrected chi connectivity index (χ1v) is 9.16. The fourth-order valence-electron chi connectivity index (χ4n) is 3.27. The number of hydrogen-bond acceptors (Lipinski definition) is 6. The minimum absolute atomic E-state index is 0.0982. The van der Waals surface area contributed by atoms with Crippen LogP contribution >= 0.6 is 0 Å². The Morgan fingerprint density at radius 3 is 2.54 bits per heavy atom. The molecule has 0 unspecified atom stereocenters. The molecule has 0 radical (unpaired) electrons. The Labute approximate surface area is 163 Å². The van der Waals surface area contributed by atoms with E-state index in [1.54, 1.807) is 25.3 Å². The zero-order valence-electron chi connectivity index (χ0n) is 15.8. The van der Waals surface area contributed by atoms with Gasteiger partial charge >= 0.3 is 0 Å². The lowest BCUT2D eigenvalue weighted by Crippen LogP contribution is -2.48. The van der Waals surface area contributed by atoms with Crippen molar-refractivity contribution in [2.75, 3.05) is 45.2 Å². The number of anilines is 1. The van der Waals surface area contributed by atoms with Gasteiger partial charge in [0.15, 0.2) is 0 Å². The Morgan fingerprint density at radius 1 is 1.11 bits per heavy atom. The summed E-state index contributed by atoms with van der Waals surface area (Å²) in [5.74, 6) is 0.610. The van der Waals surface area contributed by atoms with Gasteiger partial charge in [-0.2, -0.15) is 0 Å². The highest BCUT2D eigenvalue weighted by molar-refractivity contribution is 5.94. The summed E-state index contributed by atoms with van der Waals surface area (Å²) >= 11 is 0. The van der Waals surface area contributed by atoms with E-state index >= 15 is 0 Å². The number of hydrogen-bond donors (Lipinski definition) is 1. The van der Waals surface area contributed by atoms with E-state index in [2.05, 4.69) is 21.2 Å². The first-order chi connectivity index (χ1) is 13.5. The van der Waals surface area contributed by atoms with Crippen molar-refractivity contribution in [1.29, 1.82) is 0 Å². The number of para-hydroxylation sites is 2. The summed E-state index contributed by atoms with van der Waals surface area (Å²) in [6.45, 7) is 4.32. The van der Waals surface area contributed by atoms with E-state index in [0.717, 1.165) is 38.5 Å². The molecule has 1 aliphatic heterocycles. The second kappa shape index (κ2) is 9.29. The maximum absolute atomic E-state index is 12.3. The Kier molecular flexibility index (Phi) is 6.57. The van der Waals surface area contributed by atoms with Crippen LogP contribution in [0.2, 0.25) is 0 Å². The molecule has 148 valence electrons. The summed E-state index contributed by atoms with van der Waals surface area (Å²) in [5, 5.41) is 13.7. The molecule has 1 N–H and O–H groups in total. The van der Waals surface area contributed by atoms with E-state index in [1.807, 2.05) is 18.2 Å².